The fraction of sp³-hybridized carbons (Fsp3) is 0.158. The molecule has 0 saturated heterocycles. The molecule has 1 aromatic heterocycles. The van der Waals surface area contributed by atoms with Gasteiger partial charge in [0.15, 0.2) is 0 Å². The molecule has 0 aliphatic rings. The number of benzene rings is 2. The smallest absolute Gasteiger partial charge is 0.321 e. The predicted molar refractivity (Wildman–Crippen MR) is 106 cm³/mol. The summed E-state index contributed by atoms with van der Waals surface area (Å²) >= 11 is 5.85. The molecule has 1 amide bonds. The number of nitro groups is 1. The van der Waals surface area contributed by atoms with E-state index in [1.807, 2.05) is 0 Å². The van der Waals surface area contributed by atoms with Gasteiger partial charge in [-0.3, -0.25) is 19.7 Å². The van der Waals surface area contributed by atoms with E-state index in [1.54, 1.807) is 37.4 Å². The van der Waals surface area contributed by atoms with Gasteiger partial charge in [-0.1, -0.05) is 40.9 Å². The molecule has 3 aromatic rings. The molecule has 0 fully saturated rings. The van der Waals surface area contributed by atoms with Crippen molar-refractivity contribution in [1.82, 2.24) is 4.98 Å². The third-order valence-corrected chi connectivity index (χ3v) is 4.59. The molecule has 7 nitrogen and oxygen atoms in total. The van der Waals surface area contributed by atoms with Crippen molar-refractivity contribution in [2.75, 3.05) is 5.32 Å². The summed E-state index contributed by atoms with van der Waals surface area (Å²) in [6.45, 7) is 3.45. The van der Waals surface area contributed by atoms with Crippen molar-refractivity contribution in [2.45, 2.75) is 20.0 Å². The number of aromatic amines is 1. The number of amides is 1. The van der Waals surface area contributed by atoms with Crippen LogP contribution in [-0.4, -0.2) is 22.0 Å². The fourth-order valence-corrected chi connectivity index (χ4v) is 3.39. The number of aromatic nitrogens is 1. The summed E-state index contributed by atoms with van der Waals surface area (Å²) in [7, 11) is 0. The maximum atomic E-state index is 12.9. The second kappa shape index (κ2) is 7.45. The third kappa shape index (κ3) is 3.99. The number of pyridine rings is 1. The van der Waals surface area contributed by atoms with Crippen LogP contribution in [0.25, 0.3) is 22.0 Å². The van der Waals surface area contributed by atoms with Gasteiger partial charge in [-0.15, -0.1) is 0 Å². The minimum Gasteiger partial charge on any atom is -0.321 e. The number of nitrogens with zero attached hydrogens (tertiary/aromatic N) is 1. The van der Waals surface area contributed by atoms with Crippen LogP contribution in [0.2, 0.25) is 5.02 Å². The highest BCUT2D eigenvalue weighted by atomic mass is 35.5. The average Bonchev–Trinajstić information content (AvgIpc) is 2.59. The number of rotatable bonds is 3. The van der Waals surface area contributed by atoms with Crippen molar-refractivity contribution in [3.8, 4) is 11.1 Å². The first-order valence-corrected chi connectivity index (χ1v) is 8.77. The standard InChI is InChI=1S/C19H13ClF3N3O4/c1-8-3-9(2)5-10(4-8)15-16(25-18(28)19(21,22)23)11-6-14(26(29)30)12(20)7-13(11)24-17(15)27/h3-7H,1-2H3,(H2,24,25,27,28). The van der Waals surface area contributed by atoms with E-state index >= 15 is 0 Å². The predicted octanol–water partition coefficient (Wildman–Crippen LogP) is 4.87. The van der Waals surface area contributed by atoms with Gasteiger partial charge in [0.05, 0.1) is 21.7 Å². The summed E-state index contributed by atoms with van der Waals surface area (Å²) in [6.07, 6.45) is -5.24. The Balaban J connectivity index is 2.44. The first kappa shape index (κ1) is 21.3. The number of carbonyl (C=O) groups is 1. The Morgan fingerprint density at radius 2 is 1.73 bits per heavy atom. The number of fused-ring (bicyclic) bond motifs is 1. The number of H-pyrrole nitrogens is 1. The fourth-order valence-electron chi connectivity index (χ4n) is 3.15. The van der Waals surface area contributed by atoms with E-state index < -0.39 is 33.9 Å². The second-order valence-electron chi connectivity index (χ2n) is 6.64. The van der Waals surface area contributed by atoms with Gasteiger partial charge in [0.1, 0.15) is 5.02 Å². The van der Waals surface area contributed by atoms with Crippen LogP contribution in [0, 0.1) is 24.0 Å². The number of halogens is 4. The molecule has 2 aromatic carbocycles. The van der Waals surface area contributed by atoms with Gasteiger partial charge < -0.3 is 10.3 Å². The molecule has 156 valence electrons. The number of hydrogen-bond acceptors (Lipinski definition) is 4. The zero-order valence-electron chi connectivity index (χ0n) is 15.5. The lowest BCUT2D eigenvalue weighted by Gasteiger charge is -2.16. The van der Waals surface area contributed by atoms with Crippen molar-refractivity contribution in [1.29, 1.82) is 0 Å². The van der Waals surface area contributed by atoms with E-state index in [1.165, 1.54) is 0 Å². The SMILES string of the molecule is Cc1cc(C)cc(-c2c(NC(=O)C(F)(F)F)c3cc([N+](=O)[O-])c(Cl)cc3[nH]c2=O)c1. The van der Waals surface area contributed by atoms with E-state index in [9.17, 15) is 32.9 Å². The van der Waals surface area contributed by atoms with Crippen LogP contribution in [-0.2, 0) is 4.79 Å². The lowest BCUT2D eigenvalue weighted by atomic mass is 9.98. The molecule has 11 heteroatoms. The number of carbonyl (C=O) groups excluding carboxylic acids is 1. The summed E-state index contributed by atoms with van der Waals surface area (Å²) in [6, 6.07) is 6.85. The van der Waals surface area contributed by atoms with Crippen LogP contribution < -0.4 is 10.9 Å². The van der Waals surface area contributed by atoms with E-state index in [4.69, 9.17) is 11.6 Å². The van der Waals surface area contributed by atoms with Crippen molar-refractivity contribution in [3.63, 3.8) is 0 Å². The lowest BCUT2D eigenvalue weighted by Crippen LogP contribution is -2.31. The number of nitro benzene ring substituents is 1. The monoisotopic (exact) mass is 439 g/mol. The molecule has 1 heterocycles. The molecule has 0 unspecified atom stereocenters. The molecule has 0 spiro atoms. The van der Waals surface area contributed by atoms with Crippen LogP contribution >= 0.6 is 11.6 Å². The van der Waals surface area contributed by atoms with Crippen molar-refractivity contribution >= 4 is 39.8 Å². The first-order chi connectivity index (χ1) is 13.9. The Labute approximate surface area is 171 Å². The quantitative estimate of drug-likeness (QED) is 0.448. The zero-order valence-corrected chi connectivity index (χ0v) is 16.2. The highest BCUT2D eigenvalue weighted by molar-refractivity contribution is 6.33. The van der Waals surface area contributed by atoms with Gasteiger partial charge in [-0.25, -0.2) is 0 Å². The van der Waals surface area contributed by atoms with Gasteiger partial charge in [0.25, 0.3) is 11.2 Å². The summed E-state index contributed by atoms with van der Waals surface area (Å²) in [4.78, 5) is 37.3. The molecular formula is C19H13ClF3N3O4. The van der Waals surface area contributed by atoms with Crippen LogP contribution in [0.15, 0.2) is 35.1 Å². The van der Waals surface area contributed by atoms with Gasteiger partial charge >= 0.3 is 12.1 Å². The van der Waals surface area contributed by atoms with Crippen LogP contribution in [0.3, 0.4) is 0 Å². The molecule has 2 N–H and O–H groups in total. The van der Waals surface area contributed by atoms with Gasteiger partial charge in [0.2, 0.25) is 0 Å². The summed E-state index contributed by atoms with van der Waals surface area (Å²) in [5.74, 6) is -2.32. The third-order valence-electron chi connectivity index (χ3n) is 4.28. The van der Waals surface area contributed by atoms with Crippen LogP contribution in [0.5, 0.6) is 0 Å². The maximum Gasteiger partial charge on any atom is 0.471 e. The maximum absolute atomic E-state index is 12.9. The van der Waals surface area contributed by atoms with Gasteiger partial charge in [-0.05, 0) is 25.5 Å². The molecule has 0 bridgehead atoms. The van der Waals surface area contributed by atoms with Crippen LogP contribution in [0.1, 0.15) is 11.1 Å². The zero-order chi connectivity index (χ0) is 22.4. The minimum absolute atomic E-state index is 0.0683. The second-order valence-corrected chi connectivity index (χ2v) is 7.05. The molecule has 30 heavy (non-hydrogen) atoms. The number of anilines is 1. The summed E-state index contributed by atoms with van der Waals surface area (Å²) in [5, 5.41) is 12.5. The lowest BCUT2D eigenvalue weighted by molar-refractivity contribution is -0.384. The largest absolute Gasteiger partial charge is 0.471 e. The van der Waals surface area contributed by atoms with Crippen molar-refractivity contribution in [2.24, 2.45) is 0 Å². The normalized spacial score (nSPS) is 11.5. The van der Waals surface area contributed by atoms with E-state index in [2.05, 4.69) is 4.98 Å². The Bertz CT molecular complexity index is 1250. The number of alkyl halides is 3. The Morgan fingerprint density at radius 1 is 1.13 bits per heavy atom. The highest BCUT2D eigenvalue weighted by Gasteiger charge is 2.39. The molecule has 0 radical (unpaired) electrons. The molecular weight excluding hydrogens is 427 g/mol. The number of aryl methyl sites for hydroxylation is 2. The van der Waals surface area contributed by atoms with Gasteiger partial charge in [0, 0.05) is 11.5 Å². The van der Waals surface area contributed by atoms with Crippen LogP contribution in [0.4, 0.5) is 24.5 Å². The summed E-state index contributed by atoms with van der Waals surface area (Å²) < 4.78 is 38.8. The Kier molecular flexibility index (Phi) is 5.29. The number of hydrogen-bond donors (Lipinski definition) is 2. The van der Waals surface area contributed by atoms with E-state index in [-0.39, 0.29) is 27.1 Å². The minimum atomic E-state index is -5.24. The summed E-state index contributed by atoms with van der Waals surface area (Å²) in [5.41, 5.74) is -0.532. The van der Waals surface area contributed by atoms with E-state index in [0.717, 1.165) is 23.3 Å². The highest BCUT2D eigenvalue weighted by Crippen LogP contribution is 2.37. The molecule has 3 rings (SSSR count). The average molecular weight is 440 g/mol. The Morgan fingerprint density at radius 3 is 2.27 bits per heavy atom. The topological polar surface area (TPSA) is 105 Å². The Hall–Kier alpha value is -3.40. The van der Waals surface area contributed by atoms with E-state index in [0.29, 0.717) is 0 Å². The molecule has 0 aliphatic carbocycles. The van der Waals surface area contributed by atoms with Crippen molar-refractivity contribution in [3.05, 3.63) is 66.9 Å². The molecule has 0 atom stereocenters. The first-order valence-electron chi connectivity index (χ1n) is 8.39. The molecule has 0 saturated carbocycles. The number of nitrogens with one attached hydrogen (secondary N) is 2. The van der Waals surface area contributed by atoms with Crippen molar-refractivity contribution < 1.29 is 22.9 Å². The van der Waals surface area contributed by atoms with Gasteiger partial charge in [-0.2, -0.15) is 13.2 Å². The molecule has 0 aliphatic heterocycles.